The highest BCUT2D eigenvalue weighted by atomic mass is 16.5. The zero-order valence-corrected chi connectivity index (χ0v) is 28.5. The number of hydrogen-bond acceptors (Lipinski definition) is 4. The minimum atomic E-state index is -0.287. The first-order valence-electron chi connectivity index (χ1n) is 17.5. The Morgan fingerprint density at radius 3 is 2.27 bits per heavy atom. The Hall–Kier alpha value is -2.36. The van der Waals surface area contributed by atoms with E-state index in [9.17, 15) is 14.7 Å². The molecule has 5 aliphatic carbocycles. The fraction of sp³-hybridized carbons (Fsp3) is 0.700. The maximum atomic E-state index is 13.4. The number of ketones is 1. The van der Waals surface area contributed by atoms with Crippen molar-refractivity contribution in [3.63, 3.8) is 0 Å². The number of carbonyl (C=O) groups excluding carboxylic acids is 2. The van der Waals surface area contributed by atoms with Crippen LogP contribution in [-0.4, -0.2) is 23.0 Å². The summed E-state index contributed by atoms with van der Waals surface area (Å²) < 4.78 is 6.21. The molecule has 6 rings (SSSR count). The number of phenols is 1. The third-order valence-corrected chi connectivity index (χ3v) is 15.2. The average molecular weight is 601 g/mol. The van der Waals surface area contributed by atoms with Crippen molar-refractivity contribution in [3.8, 4) is 5.75 Å². The molecule has 0 spiro atoms. The monoisotopic (exact) mass is 600 g/mol. The van der Waals surface area contributed by atoms with Crippen molar-refractivity contribution in [3.05, 3.63) is 47.6 Å². The summed E-state index contributed by atoms with van der Waals surface area (Å²) >= 11 is 0. The summed E-state index contributed by atoms with van der Waals surface area (Å²) in [6.07, 6.45) is 15.7. The highest BCUT2D eigenvalue weighted by molar-refractivity contribution is 5.87. The minimum absolute atomic E-state index is 0.109. The van der Waals surface area contributed by atoms with Crippen LogP contribution in [0.1, 0.15) is 119 Å². The van der Waals surface area contributed by atoms with Gasteiger partial charge in [0.05, 0.1) is 0 Å². The highest BCUT2D eigenvalue weighted by Gasteiger charge is 2.69. The lowest BCUT2D eigenvalue weighted by Gasteiger charge is -2.71. The number of fused-ring (bicyclic) bond motifs is 7. The van der Waals surface area contributed by atoms with Crippen molar-refractivity contribution in [1.82, 2.24) is 0 Å². The molecule has 4 nitrogen and oxygen atoms in total. The largest absolute Gasteiger partial charge is 0.508 e. The fourth-order valence-electron chi connectivity index (χ4n) is 12.2. The van der Waals surface area contributed by atoms with Crippen LogP contribution < -0.4 is 0 Å². The summed E-state index contributed by atoms with van der Waals surface area (Å²) in [6, 6.07) is 6.83. The number of phenolic OH excluding ortho intramolecular Hbond substituents is 1. The molecule has 0 aromatic heterocycles. The summed E-state index contributed by atoms with van der Waals surface area (Å²) in [5, 5.41) is 9.55. The predicted octanol–water partition coefficient (Wildman–Crippen LogP) is 9.56. The fourth-order valence-corrected chi connectivity index (χ4v) is 12.2. The Morgan fingerprint density at radius 1 is 0.886 bits per heavy atom. The molecule has 1 aromatic rings. The maximum absolute atomic E-state index is 13.4. The molecule has 0 amide bonds. The van der Waals surface area contributed by atoms with Crippen LogP contribution in [0.25, 0.3) is 6.08 Å². The molecular weight excluding hydrogens is 544 g/mol. The first-order valence-corrected chi connectivity index (χ1v) is 17.5. The molecule has 4 heteroatoms. The number of carbonyl (C=O) groups is 2. The van der Waals surface area contributed by atoms with Gasteiger partial charge >= 0.3 is 5.97 Å². The van der Waals surface area contributed by atoms with Crippen LogP contribution in [0.15, 0.2) is 42.0 Å². The highest BCUT2D eigenvalue weighted by Crippen LogP contribution is 2.76. The van der Waals surface area contributed by atoms with E-state index in [0.29, 0.717) is 35.4 Å². The summed E-state index contributed by atoms with van der Waals surface area (Å²) in [5.41, 5.74) is 2.70. The normalized spacial score (nSPS) is 44.4. The molecule has 0 aliphatic heterocycles. The van der Waals surface area contributed by atoms with E-state index in [1.165, 1.54) is 18.9 Å². The molecular formula is C40H56O4. The van der Waals surface area contributed by atoms with Crippen molar-refractivity contribution in [2.75, 3.05) is 0 Å². The van der Waals surface area contributed by atoms with E-state index < -0.39 is 0 Å². The molecule has 4 fully saturated rings. The van der Waals surface area contributed by atoms with Gasteiger partial charge in [-0.05, 0) is 134 Å². The topological polar surface area (TPSA) is 63.6 Å². The second kappa shape index (κ2) is 10.6. The Bertz CT molecular complexity index is 1370. The minimum Gasteiger partial charge on any atom is -0.508 e. The number of aromatic hydroxyl groups is 1. The van der Waals surface area contributed by atoms with Gasteiger partial charge in [0.15, 0.2) is 0 Å². The SMILES string of the molecule is CC(=O)[C@]12CC[C@@H](C)[C@H](C)C1C1=CCC3[C@@]4(C)CC[C@H](OC(=O)/C=C/c5ccc(O)cc5)C(C)(C)C4CC[C@@]3(C)[C@]1(C)CC2. The number of Topliss-reactive ketones (excluding diaryl/α,β-unsaturated/α-hetero) is 1. The zero-order chi connectivity index (χ0) is 31.9. The van der Waals surface area contributed by atoms with Gasteiger partial charge in [0.2, 0.25) is 0 Å². The molecule has 4 saturated carbocycles. The summed E-state index contributed by atoms with van der Waals surface area (Å²) in [5.74, 6) is 2.99. The maximum Gasteiger partial charge on any atom is 0.331 e. The van der Waals surface area contributed by atoms with Crippen LogP contribution in [0.3, 0.4) is 0 Å². The molecule has 240 valence electrons. The molecule has 0 saturated heterocycles. The van der Waals surface area contributed by atoms with Crippen molar-refractivity contribution >= 4 is 17.8 Å². The van der Waals surface area contributed by atoms with Gasteiger partial charge in [0.1, 0.15) is 17.6 Å². The number of hydrogen-bond donors (Lipinski definition) is 1. The van der Waals surface area contributed by atoms with Crippen molar-refractivity contribution in [2.24, 2.45) is 56.7 Å². The van der Waals surface area contributed by atoms with E-state index in [1.807, 2.05) is 6.92 Å². The standard InChI is InChI=1S/C40H56O4/c1-25-17-22-40(27(3)41)24-23-38(7)30(35(40)26(25)2)14-15-32-37(6)20-19-33(36(4,5)31(37)18-21-39(32,38)8)44-34(43)16-11-28-9-12-29(42)13-10-28/h9-14,16,25-26,31-33,35,42H,15,17-24H2,1-8H3/b16-11+/t25-,26+,31?,32?,33+,35?,37+,38-,39-,40-/m1/s1. The first-order chi connectivity index (χ1) is 20.6. The molecule has 1 aromatic carbocycles. The lowest BCUT2D eigenvalue weighted by molar-refractivity contribution is -0.211. The molecule has 3 unspecified atom stereocenters. The third-order valence-electron chi connectivity index (χ3n) is 15.2. The number of benzene rings is 1. The van der Waals surface area contributed by atoms with Gasteiger partial charge in [0, 0.05) is 16.9 Å². The molecule has 44 heavy (non-hydrogen) atoms. The van der Waals surface area contributed by atoms with Gasteiger partial charge in [-0.3, -0.25) is 4.79 Å². The van der Waals surface area contributed by atoms with Crippen LogP contribution in [0, 0.1) is 56.7 Å². The lowest BCUT2D eigenvalue weighted by Crippen LogP contribution is -2.65. The Labute approximate surface area is 266 Å². The van der Waals surface area contributed by atoms with Gasteiger partial charge in [-0.25, -0.2) is 4.79 Å². The Morgan fingerprint density at radius 2 is 1.59 bits per heavy atom. The predicted molar refractivity (Wildman–Crippen MR) is 177 cm³/mol. The molecule has 5 aliphatic rings. The molecule has 0 radical (unpaired) electrons. The third kappa shape index (κ3) is 4.43. The average Bonchev–Trinajstić information content (AvgIpc) is 2.96. The van der Waals surface area contributed by atoms with Crippen LogP contribution in [-0.2, 0) is 14.3 Å². The van der Waals surface area contributed by atoms with Crippen molar-refractivity contribution in [2.45, 2.75) is 119 Å². The van der Waals surface area contributed by atoms with E-state index in [1.54, 1.807) is 35.9 Å². The van der Waals surface area contributed by atoms with Crippen LogP contribution >= 0.6 is 0 Å². The quantitative estimate of drug-likeness (QED) is 0.212. The van der Waals surface area contributed by atoms with E-state index in [4.69, 9.17) is 4.74 Å². The van der Waals surface area contributed by atoms with Gasteiger partial charge in [0.25, 0.3) is 0 Å². The smallest absolute Gasteiger partial charge is 0.331 e. The first kappa shape index (κ1) is 31.6. The Kier molecular flexibility index (Phi) is 7.61. The second-order valence-electron chi connectivity index (χ2n) is 17.1. The number of ether oxygens (including phenoxy) is 1. The van der Waals surface area contributed by atoms with E-state index in [-0.39, 0.29) is 44.9 Å². The van der Waals surface area contributed by atoms with E-state index >= 15 is 0 Å². The van der Waals surface area contributed by atoms with E-state index in [0.717, 1.165) is 50.5 Å². The zero-order valence-electron chi connectivity index (χ0n) is 28.5. The number of rotatable bonds is 4. The molecule has 10 atom stereocenters. The molecule has 1 N–H and O–H groups in total. The summed E-state index contributed by atoms with van der Waals surface area (Å²) in [6.45, 7) is 19.2. The molecule has 0 heterocycles. The number of allylic oxidation sites excluding steroid dienone is 2. The van der Waals surface area contributed by atoms with Gasteiger partial charge in [-0.1, -0.05) is 72.2 Å². The number of esters is 1. The van der Waals surface area contributed by atoms with Gasteiger partial charge in [-0.2, -0.15) is 0 Å². The van der Waals surface area contributed by atoms with E-state index in [2.05, 4.69) is 54.5 Å². The summed E-state index contributed by atoms with van der Waals surface area (Å²) in [7, 11) is 0. The van der Waals surface area contributed by atoms with Crippen LogP contribution in [0.4, 0.5) is 0 Å². The second-order valence-corrected chi connectivity index (χ2v) is 17.1. The van der Waals surface area contributed by atoms with Crippen molar-refractivity contribution < 1.29 is 19.4 Å². The molecule has 0 bridgehead atoms. The summed E-state index contributed by atoms with van der Waals surface area (Å²) in [4.78, 5) is 26.4. The van der Waals surface area contributed by atoms with Crippen molar-refractivity contribution in [1.29, 1.82) is 0 Å². The van der Waals surface area contributed by atoms with Crippen LogP contribution in [0.2, 0.25) is 0 Å². The van der Waals surface area contributed by atoms with Gasteiger partial charge < -0.3 is 9.84 Å². The lowest BCUT2D eigenvalue weighted by atomic mass is 9.33. The van der Waals surface area contributed by atoms with Crippen LogP contribution in [0.5, 0.6) is 5.75 Å². The Balaban J connectivity index is 1.27. The van der Waals surface area contributed by atoms with Gasteiger partial charge in [-0.15, -0.1) is 0 Å².